The van der Waals surface area contributed by atoms with Crippen LogP contribution >= 0.6 is 11.3 Å². The summed E-state index contributed by atoms with van der Waals surface area (Å²) in [5.41, 5.74) is 4.90. The molecule has 6 heteroatoms. The number of aromatic nitrogens is 3. The Morgan fingerprint density at radius 2 is 2.00 bits per heavy atom. The second-order valence-electron chi connectivity index (χ2n) is 7.37. The molecule has 0 aliphatic heterocycles. The molecule has 0 aliphatic rings. The van der Waals surface area contributed by atoms with Gasteiger partial charge in [-0.25, -0.2) is 9.50 Å². The topological polar surface area (TPSA) is 45.5 Å². The van der Waals surface area contributed by atoms with Gasteiger partial charge in [0.1, 0.15) is 0 Å². The summed E-state index contributed by atoms with van der Waals surface area (Å²) in [7, 11) is 4.12. The zero-order chi connectivity index (χ0) is 17.5. The molecule has 0 fully saturated rings. The first-order valence-corrected chi connectivity index (χ1v) is 8.93. The maximum absolute atomic E-state index is 4.68. The fraction of sp³-hybridized carbons (Fsp3) is 0.444. The highest BCUT2D eigenvalue weighted by Gasteiger charge is 2.19. The van der Waals surface area contributed by atoms with Crippen molar-refractivity contribution >= 4 is 27.1 Å². The summed E-state index contributed by atoms with van der Waals surface area (Å²) < 4.78 is 1.87. The van der Waals surface area contributed by atoms with Crippen LogP contribution in [0.25, 0.3) is 4.96 Å². The van der Waals surface area contributed by atoms with Gasteiger partial charge in [0.2, 0.25) is 10.1 Å². The Morgan fingerprint density at radius 3 is 2.58 bits per heavy atom. The van der Waals surface area contributed by atoms with E-state index in [1.54, 1.807) is 11.3 Å². The number of nitrogens with zero attached hydrogens (tertiary/aromatic N) is 4. The Bertz CT molecular complexity index is 823. The minimum Gasteiger partial charge on any atom is -0.378 e. The van der Waals surface area contributed by atoms with Crippen LogP contribution < -0.4 is 10.2 Å². The number of benzene rings is 1. The smallest absolute Gasteiger partial charge is 0.214 e. The average Bonchev–Trinajstić information content (AvgIpc) is 3.03. The van der Waals surface area contributed by atoms with Crippen LogP contribution in [0.1, 0.15) is 37.6 Å². The lowest BCUT2D eigenvalue weighted by atomic mass is 9.93. The molecule has 3 aromatic rings. The minimum absolute atomic E-state index is 0.0479. The van der Waals surface area contributed by atoms with Crippen LogP contribution in [-0.2, 0) is 12.0 Å². The van der Waals surface area contributed by atoms with E-state index in [2.05, 4.69) is 80.3 Å². The number of fused-ring (bicyclic) bond motifs is 1. The van der Waals surface area contributed by atoms with Crippen molar-refractivity contribution in [2.45, 2.75) is 39.7 Å². The van der Waals surface area contributed by atoms with Crippen LogP contribution in [0.2, 0.25) is 0 Å². The van der Waals surface area contributed by atoms with E-state index in [0.29, 0.717) is 0 Å². The van der Waals surface area contributed by atoms with E-state index < -0.39 is 0 Å². The highest BCUT2D eigenvalue weighted by atomic mass is 32.1. The van der Waals surface area contributed by atoms with Gasteiger partial charge < -0.3 is 10.2 Å². The number of nitrogens with one attached hydrogen (secondary N) is 1. The minimum atomic E-state index is 0.0479. The van der Waals surface area contributed by atoms with Gasteiger partial charge in [-0.3, -0.25) is 0 Å². The predicted octanol–water partition coefficient (Wildman–Crippen LogP) is 4.07. The fourth-order valence-electron chi connectivity index (χ4n) is 2.46. The van der Waals surface area contributed by atoms with E-state index in [9.17, 15) is 0 Å². The lowest BCUT2D eigenvalue weighted by Crippen LogP contribution is -2.11. The summed E-state index contributed by atoms with van der Waals surface area (Å²) in [5, 5.41) is 8.91. The molecule has 128 valence electrons. The molecule has 0 bridgehead atoms. The number of imidazole rings is 1. The summed E-state index contributed by atoms with van der Waals surface area (Å²) in [5.74, 6) is 0. The molecule has 0 saturated carbocycles. The van der Waals surface area contributed by atoms with Gasteiger partial charge in [0.25, 0.3) is 0 Å². The first-order chi connectivity index (χ1) is 11.2. The zero-order valence-corrected chi connectivity index (χ0v) is 16.0. The quantitative estimate of drug-likeness (QED) is 0.775. The van der Waals surface area contributed by atoms with Gasteiger partial charge >= 0.3 is 0 Å². The lowest BCUT2D eigenvalue weighted by molar-refractivity contribution is 0.572. The molecule has 1 aromatic carbocycles. The average molecular weight is 344 g/mol. The van der Waals surface area contributed by atoms with Crippen LogP contribution in [0.5, 0.6) is 0 Å². The standard InChI is InChI=1S/C18H25N5S/c1-12-9-14(22(5)6)8-7-13(12)10-19-16-21-23-11-15(18(2,3)4)20-17(23)24-16/h7-9,11H,10H2,1-6H3,(H,19,21). The van der Waals surface area contributed by atoms with Crippen molar-refractivity contribution in [2.75, 3.05) is 24.3 Å². The maximum Gasteiger partial charge on any atom is 0.214 e. The van der Waals surface area contributed by atoms with Gasteiger partial charge in [-0.1, -0.05) is 38.2 Å². The van der Waals surface area contributed by atoms with Crippen molar-refractivity contribution in [3.8, 4) is 0 Å². The second-order valence-corrected chi connectivity index (χ2v) is 8.33. The molecule has 0 radical (unpaired) electrons. The SMILES string of the molecule is Cc1cc(N(C)C)ccc1CNc1nn2cc(C(C)(C)C)nc2s1. The molecule has 0 saturated heterocycles. The Morgan fingerprint density at radius 1 is 1.25 bits per heavy atom. The van der Waals surface area contributed by atoms with Crippen molar-refractivity contribution in [3.63, 3.8) is 0 Å². The van der Waals surface area contributed by atoms with E-state index >= 15 is 0 Å². The second kappa shape index (κ2) is 6.09. The summed E-state index contributed by atoms with van der Waals surface area (Å²) in [6.45, 7) is 9.41. The molecule has 0 spiro atoms. The Hall–Kier alpha value is -2.08. The van der Waals surface area contributed by atoms with Crippen molar-refractivity contribution in [1.82, 2.24) is 14.6 Å². The van der Waals surface area contributed by atoms with E-state index in [4.69, 9.17) is 0 Å². The largest absolute Gasteiger partial charge is 0.378 e. The zero-order valence-electron chi connectivity index (χ0n) is 15.2. The molecule has 24 heavy (non-hydrogen) atoms. The Kier molecular flexibility index (Phi) is 4.25. The first kappa shape index (κ1) is 16.8. The molecule has 0 atom stereocenters. The van der Waals surface area contributed by atoms with Crippen LogP contribution in [0.4, 0.5) is 10.8 Å². The first-order valence-electron chi connectivity index (χ1n) is 8.11. The highest BCUT2D eigenvalue weighted by Crippen LogP contribution is 2.26. The predicted molar refractivity (Wildman–Crippen MR) is 102 cm³/mol. The van der Waals surface area contributed by atoms with Crippen LogP contribution in [-0.4, -0.2) is 28.7 Å². The fourth-order valence-corrected chi connectivity index (χ4v) is 3.24. The van der Waals surface area contributed by atoms with E-state index in [-0.39, 0.29) is 5.41 Å². The normalized spacial score (nSPS) is 11.9. The van der Waals surface area contributed by atoms with Gasteiger partial charge in [0.15, 0.2) is 0 Å². The summed E-state index contributed by atoms with van der Waals surface area (Å²) in [4.78, 5) is 7.73. The van der Waals surface area contributed by atoms with E-state index in [1.165, 1.54) is 16.8 Å². The maximum atomic E-state index is 4.68. The summed E-state index contributed by atoms with van der Waals surface area (Å²) in [6, 6.07) is 6.53. The van der Waals surface area contributed by atoms with E-state index in [1.807, 2.05) is 10.7 Å². The van der Waals surface area contributed by atoms with Crippen molar-refractivity contribution < 1.29 is 0 Å². The van der Waals surface area contributed by atoms with Crippen LogP contribution in [0, 0.1) is 6.92 Å². The molecular formula is C18H25N5S. The molecule has 0 amide bonds. The van der Waals surface area contributed by atoms with Crippen LogP contribution in [0.15, 0.2) is 24.4 Å². The molecule has 2 aromatic heterocycles. The summed E-state index contributed by atoms with van der Waals surface area (Å²) >= 11 is 1.59. The number of hydrogen-bond acceptors (Lipinski definition) is 5. The van der Waals surface area contributed by atoms with Crippen molar-refractivity contribution in [2.24, 2.45) is 0 Å². The van der Waals surface area contributed by atoms with Gasteiger partial charge in [0.05, 0.1) is 11.9 Å². The van der Waals surface area contributed by atoms with Crippen LogP contribution in [0.3, 0.4) is 0 Å². The lowest BCUT2D eigenvalue weighted by Gasteiger charge is -2.15. The third-order valence-corrected chi connectivity index (χ3v) is 4.96. The third-order valence-electron chi connectivity index (χ3n) is 4.08. The molecule has 3 rings (SSSR count). The molecule has 1 N–H and O–H groups in total. The Balaban J connectivity index is 1.73. The number of anilines is 2. The number of hydrogen-bond donors (Lipinski definition) is 1. The molecular weight excluding hydrogens is 318 g/mol. The van der Waals surface area contributed by atoms with Gasteiger partial charge in [0, 0.05) is 31.7 Å². The summed E-state index contributed by atoms with van der Waals surface area (Å²) in [6.07, 6.45) is 2.02. The molecule has 2 heterocycles. The highest BCUT2D eigenvalue weighted by molar-refractivity contribution is 7.20. The number of aryl methyl sites for hydroxylation is 1. The monoisotopic (exact) mass is 343 g/mol. The molecule has 5 nitrogen and oxygen atoms in total. The van der Waals surface area contributed by atoms with Gasteiger partial charge in [-0.05, 0) is 30.2 Å². The molecule has 0 aliphatic carbocycles. The number of rotatable bonds is 4. The van der Waals surface area contributed by atoms with Gasteiger partial charge in [-0.15, -0.1) is 5.10 Å². The van der Waals surface area contributed by atoms with Crippen molar-refractivity contribution in [1.29, 1.82) is 0 Å². The molecule has 0 unspecified atom stereocenters. The van der Waals surface area contributed by atoms with Crippen molar-refractivity contribution in [3.05, 3.63) is 41.2 Å². The van der Waals surface area contributed by atoms with E-state index in [0.717, 1.165) is 22.3 Å². The Labute approximate surface area is 147 Å². The third kappa shape index (κ3) is 3.38. The van der Waals surface area contributed by atoms with Gasteiger partial charge in [-0.2, -0.15) is 0 Å².